The first-order chi connectivity index (χ1) is 13.6. The molecule has 6 nitrogen and oxygen atoms in total. The summed E-state index contributed by atoms with van der Waals surface area (Å²) < 4.78 is 4.35. The maximum absolute atomic E-state index is 13.3. The lowest BCUT2D eigenvalue weighted by molar-refractivity contribution is 0.594. The molecule has 138 valence electrons. The minimum absolute atomic E-state index is 0.0583. The molecule has 1 atom stereocenters. The Bertz CT molecular complexity index is 1370. The lowest BCUT2D eigenvalue weighted by Crippen LogP contribution is -2.26. The van der Waals surface area contributed by atoms with Crippen LogP contribution in [-0.4, -0.2) is 19.1 Å². The van der Waals surface area contributed by atoms with Crippen LogP contribution in [0, 0.1) is 0 Å². The van der Waals surface area contributed by atoms with Crippen molar-refractivity contribution in [1.29, 1.82) is 0 Å². The largest absolute Gasteiger partial charge is 0.397 e. The monoisotopic (exact) mass is 387 g/mol. The molecular weight excluding hydrogens is 370 g/mol. The summed E-state index contributed by atoms with van der Waals surface area (Å²) in [6, 6.07) is 17.0. The summed E-state index contributed by atoms with van der Waals surface area (Å²) >= 11 is 1.41. The molecule has 5 aromatic rings. The molecule has 28 heavy (non-hydrogen) atoms. The molecule has 0 aliphatic carbocycles. The van der Waals surface area contributed by atoms with Gasteiger partial charge in [0.15, 0.2) is 0 Å². The molecular formula is C21H17N5OS. The second-order valence-electron chi connectivity index (χ2n) is 6.62. The Labute approximate surface area is 164 Å². The van der Waals surface area contributed by atoms with Gasteiger partial charge in [-0.2, -0.15) is 0 Å². The molecule has 1 unspecified atom stereocenters. The standard InChI is InChI=1S/C21H17N5OS/c1-13(25-12-23-18-15(22)8-5-9-17(18)25)20-24-16-10-11-28-19(16)21(27)26(20)14-6-3-2-4-7-14/h2-13H,22H2,1H3. The topological polar surface area (TPSA) is 78.7 Å². The highest BCUT2D eigenvalue weighted by Gasteiger charge is 2.21. The quantitative estimate of drug-likeness (QED) is 0.475. The van der Waals surface area contributed by atoms with Crippen LogP contribution in [0.5, 0.6) is 0 Å². The van der Waals surface area contributed by atoms with E-state index in [1.165, 1.54) is 11.3 Å². The highest BCUT2D eigenvalue weighted by Crippen LogP contribution is 2.27. The van der Waals surface area contributed by atoms with Crippen molar-refractivity contribution in [2.75, 3.05) is 5.73 Å². The Hall–Kier alpha value is -3.45. The molecule has 0 spiro atoms. The number of rotatable bonds is 3. The lowest BCUT2D eigenvalue weighted by atomic mass is 10.2. The predicted molar refractivity (Wildman–Crippen MR) is 113 cm³/mol. The highest BCUT2D eigenvalue weighted by atomic mass is 32.1. The van der Waals surface area contributed by atoms with E-state index >= 15 is 0 Å². The minimum atomic E-state index is -0.219. The van der Waals surface area contributed by atoms with Crippen molar-refractivity contribution >= 4 is 38.3 Å². The molecule has 0 bridgehead atoms. The van der Waals surface area contributed by atoms with Crippen molar-refractivity contribution < 1.29 is 0 Å². The van der Waals surface area contributed by atoms with Gasteiger partial charge in [0, 0.05) is 0 Å². The van der Waals surface area contributed by atoms with Gasteiger partial charge in [-0.15, -0.1) is 11.3 Å². The number of nitrogen functional groups attached to an aromatic ring is 1. The molecule has 3 heterocycles. The zero-order valence-electron chi connectivity index (χ0n) is 15.1. The normalized spacial score (nSPS) is 12.6. The second-order valence-corrected chi connectivity index (χ2v) is 7.54. The number of fused-ring (bicyclic) bond motifs is 2. The predicted octanol–water partition coefficient (Wildman–Crippen LogP) is 3.99. The Morgan fingerprint density at radius 1 is 1.07 bits per heavy atom. The number of imidazole rings is 1. The molecule has 0 radical (unpaired) electrons. The van der Waals surface area contributed by atoms with Crippen LogP contribution in [0.15, 0.2) is 71.1 Å². The van der Waals surface area contributed by atoms with E-state index in [9.17, 15) is 4.79 Å². The fourth-order valence-corrected chi connectivity index (χ4v) is 4.31. The van der Waals surface area contributed by atoms with Crippen LogP contribution < -0.4 is 11.3 Å². The average molecular weight is 387 g/mol. The van der Waals surface area contributed by atoms with Crippen molar-refractivity contribution in [1.82, 2.24) is 19.1 Å². The van der Waals surface area contributed by atoms with Gasteiger partial charge >= 0.3 is 0 Å². The van der Waals surface area contributed by atoms with Crippen LogP contribution in [0.2, 0.25) is 0 Å². The fraction of sp³-hybridized carbons (Fsp3) is 0.0952. The van der Waals surface area contributed by atoms with Crippen LogP contribution in [0.25, 0.3) is 26.9 Å². The van der Waals surface area contributed by atoms with Gasteiger partial charge in [0.25, 0.3) is 5.56 Å². The molecule has 0 aliphatic rings. The van der Waals surface area contributed by atoms with Gasteiger partial charge in [-0.3, -0.25) is 9.36 Å². The number of anilines is 1. The molecule has 0 aliphatic heterocycles. The summed E-state index contributed by atoms with van der Waals surface area (Å²) in [6.45, 7) is 2.02. The van der Waals surface area contributed by atoms with Crippen LogP contribution >= 0.6 is 11.3 Å². The van der Waals surface area contributed by atoms with Crippen LogP contribution in [0.3, 0.4) is 0 Å². The number of aromatic nitrogens is 4. The van der Waals surface area contributed by atoms with Gasteiger partial charge < -0.3 is 10.3 Å². The number of nitrogens with two attached hydrogens (primary N) is 1. The number of thiophene rings is 1. The van der Waals surface area contributed by atoms with Gasteiger partial charge in [-0.1, -0.05) is 24.3 Å². The average Bonchev–Trinajstić information content (AvgIpc) is 3.36. The van der Waals surface area contributed by atoms with E-state index in [0.29, 0.717) is 21.7 Å². The van der Waals surface area contributed by atoms with E-state index in [1.54, 1.807) is 10.9 Å². The highest BCUT2D eigenvalue weighted by molar-refractivity contribution is 7.17. The molecule has 0 amide bonds. The summed E-state index contributed by atoms with van der Waals surface area (Å²) in [6.07, 6.45) is 1.75. The minimum Gasteiger partial charge on any atom is -0.397 e. The van der Waals surface area contributed by atoms with Gasteiger partial charge in [0.2, 0.25) is 0 Å². The number of benzene rings is 2. The second kappa shape index (κ2) is 6.31. The van der Waals surface area contributed by atoms with Crippen LogP contribution in [-0.2, 0) is 0 Å². The molecule has 5 rings (SSSR count). The van der Waals surface area contributed by atoms with Crippen molar-refractivity contribution in [3.63, 3.8) is 0 Å². The maximum atomic E-state index is 13.3. The first-order valence-electron chi connectivity index (χ1n) is 8.92. The van der Waals surface area contributed by atoms with E-state index in [0.717, 1.165) is 16.7 Å². The summed E-state index contributed by atoms with van der Waals surface area (Å²) in [5.41, 5.74) is 9.81. The molecule has 2 N–H and O–H groups in total. The summed E-state index contributed by atoms with van der Waals surface area (Å²) in [4.78, 5) is 22.6. The Balaban J connectivity index is 1.80. The van der Waals surface area contributed by atoms with Crippen molar-refractivity contribution in [3.05, 3.63) is 82.5 Å². The molecule has 7 heteroatoms. The maximum Gasteiger partial charge on any atom is 0.276 e. The van der Waals surface area contributed by atoms with E-state index in [-0.39, 0.29) is 11.6 Å². The summed E-state index contributed by atoms with van der Waals surface area (Å²) in [7, 11) is 0. The van der Waals surface area contributed by atoms with Crippen molar-refractivity contribution in [2.24, 2.45) is 0 Å². The number of hydrogen-bond acceptors (Lipinski definition) is 5. The summed E-state index contributed by atoms with van der Waals surface area (Å²) in [5.74, 6) is 0.656. The zero-order valence-corrected chi connectivity index (χ0v) is 15.9. The SMILES string of the molecule is CC(c1nc2ccsc2c(=O)n1-c1ccccc1)n1cnc2c(N)cccc21. The lowest BCUT2D eigenvalue weighted by Gasteiger charge is -2.19. The van der Waals surface area contributed by atoms with E-state index in [2.05, 4.69) is 4.98 Å². The Morgan fingerprint density at radius 3 is 2.71 bits per heavy atom. The van der Waals surface area contributed by atoms with Gasteiger partial charge in [-0.25, -0.2) is 9.97 Å². The zero-order chi connectivity index (χ0) is 19.3. The van der Waals surface area contributed by atoms with Crippen LogP contribution in [0.1, 0.15) is 18.8 Å². The molecule has 0 fully saturated rings. The van der Waals surface area contributed by atoms with E-state index in [1.807, 2.05) is 71.5 Å². The van der Waals surface area contributed by atoms with E-state index in [4.69, 9.17) is 10.7 Å². The molecule has 3 aromatic heterocycles. The number of hydrogen-bond donors (Lipinski definition) is 1. The smallest absolute Gasteiger partial charge is 0.276 e. The van der Waals surface area contributed by atoms with Crippen molar-refractivity contribution in [2.45, 2.75) is 13.0 Å². The van der Waals surface area contributed by atoms with Gasteiger partial charge in [0.05, 0.1) is 34.8 Å². The first kappa shape index (κ1) is 16.7. The number of nitrogens with zero attached hydrogens (tertiary/aromatic N) is 4. The molecule has 0 saturated heterocycles. The third kappa shape index (κ3) is 2.44. The molecule has 2 aromatic carbocycles. The summed E-state index contributed by atoms with van der Waals surface area (Å²) in [5, 5.41) is 1.90. The number of para-hydroxylation sites is 2. The van der Waals surface area contributed by atoms with Gasteiger partial charge in [-0.05, 0) is 42.6 Å². The van der Waals surface area contributed by atoms with E-state index < -0.39 is 0 Å². The Morgan fingerprint density at radius 2 is 1.89 bits per heavy atom. The van der Waals surface area contributed by atoms with Crippen molar-refractivity contribution in [3.8, 4) is 5.69 Å². The molecule has 0 saturated carbocycles. The Kier molecular flexibility index (Phi) is 3.77. The first-order valence-corrected chi connectivity index (χ1v) is 9.79. The van der Waals surface area contributed by atoms with Gasteiger partial charge in [0.1, 0.15) is 16.0 Å². The third-order valence-corrected chi connectivity index (χ3v) is 5.84. The third-order valence-electron chi connectivity index (χ3n) is 4.95. The fourth-order valence-electron chi connectivity index (χ4n) is 3.55. The van der Waals surface area contributed by atoms with Crippen LogP contribution in [0.4, 0.5) is 5.69 Å².